The van der Waals surface area contributed by atoms with Gasteiger partial charge >= 0.3 is 0 Å². The molecule has 0 amide bonds. The van der Waals surface area contributed by atoms with Gasteiger partial charge in [-0.25, -0.2) is 8.78 Å². The van der Waals surface area contributed by atoms with E-state index in [2.05, 4.69) is 4.98 Å². The SMILES string of the molecule is Cc1c(F)cccc1-n1c(=S)[nH]c2cc(Cl)c(F)cc21. The van der Waals surface area contributed by atoms with Crippen LogP contribution in [-0.2, 0) is 0 Å². The van der Waals surface area contributed by atoms with E-state index in [-0.39, 0.29) is 10.8 Å². The molecule has 3 rings (SSSR count). The van der Waals surface area contributed by atoms with Gasteiger partial charge in [-0.2, -0.15) is 0 Å². The van der Waals surface area contributed by atoms with Gasteiger partial charge in [0.05, 0.1) is 21.7 Å². The Morgan fingerprint density at radius 3 is 2.70 bits per heavy atom. The number of H-pyrrole nitrogens is 1. The molecule has 0 aliphatic rings. The summed E-state index contributed by atoms with van der Waals surface area (Å²) in [5.41, 5.74) is 2.14. The van der Waals surface area contributed by atoms with Crippen LogP contribution in [0.15, 0.2) is 30.3 Å². The number of aromatic nitrogens is 2. The number of hydrogen-bond acceptors (Lipinski definition) is 1. The standard InChI is InChI=1S/C14H9ClF2N2S/c1-7-9(16)3-2-4-12(7)19-13-6-10(17)8(15)5-11(13)18-14(19)20/h2-6H,1H3,(H,18,20). The zero-order valence-corrected chi connectivity index (χ0v) is 11.9. The highest BCUT2D eigenvalue weighted by molar-refractivity contribution is 7.71. The summed E-state index contributed by atoms with van der Waals surface area (Å²) in [7, 11) is 0. The molecule has 0 unspecified atom stereocenters. The molecule has 0 bridgehead atoms. The number of halogens is 3. The van der Waals surface area contributed by atoms with Crippen LogP contribution in [-0.4, -0.2) is 9.55 Å². The first-order valence-corrected chi connectivity index (χ1v) is 6.63. The minimum Gasteiger partial charge on any atom is -0.330 e. The highest BCUT2D eigenvalue weighted by Crippen LogP contribution is 2.27. The lowest BCUT2D eigenvalue weighted by Gasteiger charge is -2.09. The van der Waals surface area contributed by atoms with Crippen molar-refractivity contribution < 1.29 is 8.78 Å². The molecule has 0 saturated carbocycles. The number of imidazole rings is 1. The van der Waals surface area contributed by atoms with E-state index in [1.165, 1.54) is 18.2 Å². The van der Waals surface area contributed by atoms with Gasteiger partial charge in [0.25, 0.3) is 0 Å². The summed E-state index contributed by atoms with van der Waals surface area (Å²) >= 11 is 11.0. The van der Waals surface area contributed by atoms with E-state index in [0.29, 0.717) is 27.1 Å². The Morgan fingerprint density at radius 1 is 1.20 bits per heavy atom. The maximum atomic E-state index is 13.7. The van der Waals surface area contributed by atoms with E-state index in [1.54, 1.807) is 23.6 Å². The van der Waals surface area contributed by atoms with Crippen molar-refractivity contribution in [2.45, 2.75) is 6.92 Å². The number of aromatic amines is 1. The van der Waals surface area contributed by atoms with Crippen molar-refractivity contribution >= 4 is 34.9 Å². The van der Waals surface area contributed by atoms with Crippen molar-refractivity contribution in [2.24, 2.45) is 0 Å². The fraction of sp³-hybridized carbons (Fsp3) is 0.0714. The first-order valence-electron chi connectivity index (χ1n) is 5.84. The van der Waals surface area contributed by atoms with Crippen LogP contribution in [0.4, 0.5) is 8.78 Å². The Labute approximate surface area is 123 Å². The van der Waals surface area contributed by atoms with Gasteiger partial charge in [0.1, 0.15) is 11.6 Å². The Bertz CT molecular complexity index is 883. The van der Waals surface area contributed by atoms with E-state index in [9.17, 15) is 8.78 Å². The van der Waals surface area contributed by atoms with Crippen LogP contribution >= 0.6 is 23.8 Å². The van der Waals surface area contributed by atoms with Gasteiger partial charge in [-0.15, -0.1) is 0 Å². The summed E-state index contributed by atoms with van der Waals surface area (Å²) in [6.45, 7) is 1.65. The van der Waals surface area contributed by atoms with Crippen LogP contribution in [0, 0.1) is 23.3 Å². The molecule has 1 N–H and O–H groups in total. The third-order valence-corrected chi connectivity index (χ3v) is 3.78. The molecule has 0 fully saturated rings. The fourth-order valence-electron chi connectivity index (χ4n) is 2.18. The molecule has 0 aliphatic heterocycles. The van der Waals surface area contributed by atoms with Gasteiger partial charge in [-0.3, -0.25) is 4.57 Å². The monoisotopic (exact) mass is 310 g/mol. The molecule has 2 aromatic carbocycles. The van der Waals surface area contributed by atoms with Gasteiger partial charge < -0.3 is 4.98 Å². The summed E-state index contributed by atoms with van der Waals surface area (Å²) in [4.78, 5) is 2.94. The average Bonchev–Trinajstić information content (AvgIpc) is 2.69. The zero-order valence-electron chi connectivity index (χ0n) is 10.4. The highest BCUT2D eigenvalue weighted by atomic mass is 35.5. The smallest absolute Gasteiger partial charge is 0.182 e. The van der Waals surface area contributed by atoms with E-state index >= 15 is 0 Å². The van der Waals surface area contributed by atoms with E-state index in [4.69, 9.17) is 23.8 Å². The Morgan fingerprint density at radius 2 is 1.95 bits per heavy atom. The minimum absolute atomic E-state index is 0.0110. The number of nitrogens with one attached hydrogen (secondary N) is 1. The van der Waals surface area contributed by atoms with Crippen molar-refractivity contribution in [3.8, 4) is 5.69 Å². The summed E-state index contributed by atoms with van der Waals surface area (Å²) in [5, 5.41) is 0.0110. The quantitative estimate of drug-likeness (QED) is 0.632. The number of rotatable bonds is 1. The Kier molecular flexibility index (Phi) is 3.11. The molecule has 0 spiro atoms. The maximum absolute atomic E-state index is 13.7. The van der Waals surface area contributed by atoms with Crippen LogP contribution in [0.1, 0.15) is 5.56 Å². The largest absolute Gasteiger partial charge is 0.330 e. The molecule has 0 aliphatic carbocycles. The van der Waals surface area contributed by atoms with Crippen LogP contribution < -0.4 is 0 Å². The third kappa shape index (κ3) is 1.94. The predicted molar refractivity (Wildman–Crippen MR) is 78.1 cm³/mol. The van der Waals surface area contributed by atoms with Gasteiger partial charge in [0, 0.05) is 11.6 Å². The molecule has 2 nitrogen and oxygen atoms in total. The van der Waals surface area contributed by atoms with Crippen molar-refractivity contribution in [3.05, 3.63) is 57.3 Å². The molecular formula is C14H9ClF2N2S. The van der Waals surface area contributed by atoms with Crippen molar-refractivity contribution in [2.75, 3.05) is 0 Å². The summed E-state index contributed by atoms with van der Waals surface area (Å²) in [5.74, 6) is -0.885. The first-order chi connectivity index (χ1) is 9.49. The molecule has 1 aromatic heterocycles. The Balaban J connectivity index is 2.42. The molecule has 0 radical (unpaired) electrons. The second-order valence-corrected chi connectivity index (χ2v) is 5.23. The minimum atomic E-state index is -0.545. The van der Waals surface area contributed by atoms with Crippen LogP contribution in [0.5, 0.6) is 0 Å². The lowest BCUT2D eigenvalue weighted by molar-refractivity contribution is 0.617. The molecule has 0 atom stereocenters. The van der Waals surface area contributed by atoms with Gasteiger partial charge in [-0.1, -0.05) is 17.7 Å². The maximum Gasteiger partial charge on any atom is 0.182 e. The van der Waals surface area contributed by atoms with Gasteiger partial charge in [0.2, 0.25) is 0 Å². The first kappa shape index (κ1) is 13.3. The molecule has 0 saturated heterocycles. The second kappa shape index (κ2) is 4.68. The molecule has 20 heavy (non-hydrogen) atoms. The van der Waals surface area contributed by atoms with Gasteiger partial charge in [-0.05, 0) is 37.3 Å². The topological polar surface area (TPSA) is 20.7 Å². The lowest BCUT2D eigenvalue weighted by atomic mass is 10.2. The number of fused-ring (bicyclic) bond motifs is 1. The van der Waals surface area contributed by atoms with E-state index in [1.807, 2.05) is 0 Å². The fourth-order valence-corrected chi connectivity index (χ4v) is 2.65. The van der Waals surface area contributed by atoms with E-state index in [0.717, 1.165) is 0 Å². The predicted octanol–water partition coefficient (Wildman–Crippen LogP) is 4.93. The summed E-state index contributed by atoms with van der Waals surface area (Å²) < 4.78 is 29.3. The van der Waals surface area contributed by atoms with Crippen LogP contribution in [0.3, 0.4) is 0 Å². The van der Waals surface area contributed by atoms with Crippen LogP contribution in [0.2, 0.25) is 5.02 Å². The molecule has 3 aromatic rings. The molecule has 1 heterocycles. The van der Waals surface area contributed by atoms with Crippen molar-refractivity contribution in [3.63, 3.8) is 0 Å². The third-order valence-electron chi connectivity index (χ3n) is 3.20. The molecular weight excluding hydrogens is 302 g/mol. The zero-order chi connectivity index (χ0) is 14.4. The lowest BCUT2D eigenvalue weighted by Crippen LogP contribution is -1.99. The summed E-state index contributed by atoms with van der Waals surface area (Å²) in [6.07, 6.45) is 0. The number of nitrogens with zero attached hydrogens (tertiary/aromatic N) is 1. The number of hydrogen-bond donors (Lipinski definition) is 1. The summed E-state index contributed by atoms with van der Waals surface area (Å²) in [6, 6.07) is 7.44. The normalized spacial score (nSPS) is 11.2. The van der Waals surface area contributed by atoms with Gasteiger partial charge in [0.15, 0.2) is 4.77 Å². The Hall–Kier alpha value is -1.72. The number of benzene rings is 2. The van der Waals surface area contributed by atoms with Crippen molar-refractivity contribution in [1.82, 2.24) is 9.55 Å². The average molecular weight is 311 g/mol. The second-order valence-electron chi connectivity index (χ2n) is 4.43. The van der Waals surface area contributed by atoms with E-state index < -0.39 is 5.82 Å². The molecule has 6 heteroatoms. The molecule has 102 valence electrons. The van der Waals surface area contributed by atoms with Crippen molar-refractivity contribution in [1.29, 1.82) is 0 Å². The van der Waals surface area contributed by atoms with Crippen LogP contribution in [0.25, 0.3) is 16.7 Å². The highest BCUT2D eigenvalue weighted by Gasteiger charge is 2.13.